The third-order valence-electron chi connectivity index (χ3n) is 3.91. The first kappa shape index (κ1) is 21.0. The van der Waals surface area contributed by atoms with Gasteiger partial charge in [0.25, 0.3) is 0 Å². The van der Waals surface area contributed by atoms with Crippen molar-refractivity contribution in [3.63, 3.8) is 0 Å². The molecule has 1 fully saturated rings. The van der Waals surface area contributed by atoms with Crippen LogP contribution < -0.4 is 5.32 Å². The maximum absolute atomic E-state index is 5.06. The van der Waals surface area contributed by atoms with Crippen LogP contribution in [0.5, 0.6) is 0 Å². The largest absolute Gasteiger partial charge is 0.385 e. The Hall–Kier alpha value is -0.0400. The van der Waals surface area contributed by atoms with Crippen LogP contribution in [0.15, 0.2) is 4.99 Å². The Morgan fingerprint density at radius 3 is 2.71 bits per heavy atom. The summed E-state index contributed by atoms with van der Waals surface area (Å²) in [6.07, 6.45) is 6.20. The van der Waals surface area contributed by atoms with Crippen LogP contribution in [0.4, 0.5) is 0 Å². The molecule has 1 saturated heterocycles. The molecule has 0 radical (unpaired) electrons. The number of hydrogen-bond donors (Lipinski definition) is 1. The topological polar surface area (TPSA) is 36.9 Å². The molecule has 0 aromatic carbocycles. The zero-order valence-corrected chi connectivity index (χ0v) is 16.6. The monoisotopic (exact) mass is 411 g/mol. The molecule has 1 atom stereocenters. The molecular formula is C16H34IN3O. The lowest BCUT2D eigenvalue weighted by Crippen LogP contribution is -2.40. The molecule has 1 aliphatic heterocycles. The fourth-order valence-corrected chi connectivity index (χ4v) is 2.96. The summed E-state index contributed by atoms with van der Waals surface area (Å²) < 4.78 is 5.06. The van der Waals surface area contributed by atoms with Crippen LogP contribution in [-0.4, -0.2) is 51.3 Å². The second-order valence-corrected chi connectivity index (χ2v) is 6.26. The number of likely N-dealkylation sites (tertiary alicyclic amines) is 1. The van der Waals surface area contributed by atoms with Crippen molar-refractivity contribution >= 4 is 29.9 Å². The van der Waals surface area contributed by atoms with Crippen LogP contribution in [0.1, 0.15) is 46.0 Å². The molecule has 21 heavy (non-hydrogen) atoms. The molecule has 1 unspecified atom stereocenters. The van der Waals surface area contributed by atoms with E-state index in [1.54, 1.807) is 7.11 Å². The van der Waals surface area contributed by atoms with Gasteiger partial charge in [0.15, 0.2) is 5.96 Å². The number of halogens is 1. The number of hydrogen-bond acceptors (Lipinski definition) is 2. The van der Waals surface area contributed by atoms with Gasteiger partial charge in [0, 0.05) is 40.4 Å². The number of aliphatic imine (C=N–C) groups is 1. The van der Waals surface area contributed by atoms with E-state index in [0.717, 1.165) is 43.9 Å². The van der Waals surface area contributed by atoms with E-state index in [9.17, 15) is 0 Å². The average molecular weight is 411 g/mol. The van der Waals surface area contributed by atoms with Crippen LogP contribution in [0.25, 0.3) is 0 Å². The summed E-state index contributed by atoms with van der Waals surface area (Å²) in [7, 11) is 3.66. The first-order valence-electron chi connectivity index (χ1n) is 8.12. The Balaban J connectivity index is 0.00000400. The lowest BCUT2D eigenvalue weighted by Gasteiger charge is -2.22. The first-order valence-corrected chi connectivity index (χ1v) is 8.12. The molecular weight excluding hydrogens is 377 g/mol. The zero-order chi connectivity index (χ0) is 14.8. The fraction of sp³-hybridized carbons (Fsp3) is 0.938. The second-order valence-electron chi connectivity index (χ2n) is 6.26. The highest BCUT2D eigenvalue weighted by molar-refractivity contribution is 14.0. The molecule has 5 heteroatoms. The molecule has 0 amide bonds. The summed E-state index contributed by atoms with van der Waals surface area (Å²) in [6.45, 7) is 8.84. The number of guanidine groups is 1. The minimum absolute atomic E-state index is 0. The molecule has 126 valence electrons. The molecule has 0 spiro atoms. The quantitative estimate of drug-likeness (QED) is 0.288. The van der Waals surface area contributed by atoms with Gasteiger partial charge >= 0.3 is 0 Å². The van der Waals surface area contributed by atoms with Gasteiger partial charge in [0.05, 0.1) is 0 Å². The smallest absolute Gasteiger partial charge is 0.193 e. The second kappa shape index (κ2) is 12.5. The van der Waals surface area contributed by atoms with Gasteiger partial charge in [-0.15, -0.1) is 24.0 Å². The summed E-state index contributed by atoms with van der Waals surface area (Å²) in [5.74, 6) is 2.73. The van der Waals surface area contributed by atoms with Gasteiger partial charge < -0.3 is 15.0 Å². The van der Waals surface area contributed by atoms with Gasteiger partial charge in [-0.25, -0.2) is 0 Å². The number of nitrogens with one attached hydrogen (secondary N) is 1. The molecule has 1 heterocycles. The highest BCUT2D eigenvalue weighted by atomic mass is 127. The molecule has 1 N–H and O–H groups in total. The van der Waals surface area contributed by atoms with E-state index in [1.165, 1.54) is 32.2 Å². The van der Waals surface area contributed by atoms with Gasteiger partial charge in [-0.05, 0) is 43.9 Å². The minimum Gasteiger partial charge on any atom is -0.385 e. The molecule has 0 bridgehead atoms. The van der Waals surface area contributed by atoms with Crippen molar-refractivity contribution in [2.24, 2.45) is 16.8 Å². The summed E-state index contributed by atoms with van der Waals surface area (Å²) in [4.78, 5) is 6.84. The standard InChI is InChI=1S/C16H33N3O.HI/c1-14(2)12-15-8-10-19(13-15)16(17-3)18-9-6-5-7-11-20-4;/h14-15H,5-13H2,1-4H3,(H,17,18);1H. The van der Waals surface area contributed by atoms with Gasteiger partial charge in [0.2, 0.25) is 0 Å². The van der Waals surface area contributed by atoms with Gasteiger partial charge in [-0.1, -0.05) is 13.8 Å². The van der Waals surface area contributed by atoms with E-state index in [1.807, 2.05) is 7.05 Å². The Morgan fingerprint density at radius 1 is 1.33 bits per heavy atom. The molecule has 0 aromatic heterocycles. The van der Waals surface area contributed by atoms with Crippen molar-refractivity contribution < 1.29 is 4.74 Å². The van der Waals surface area contributed by atoms with Crippen molar-refractivity contribution in [3.05, 3.63) is 0 Å². The normalized spacial score (nSPS) is 19.0. The summed E-state index contributed by atoms with van der Waals surface area (Å²) in [6, 6.07) is 0. The highest BCUT2D eigenvalue weighted by Gasteiger charge is 2.24. The molecule has 0 aliphatic carbocycles. The number of ether oxygens (including phenoxy) is 1. The molecule has 0 aromatic rings. The maximum Gasteiger partial charge on any atom is 0.193 e. The van der Waals surface area contributed by atoms with Crippen LogP contribution in [0.3, 0.4) is 0 Å². The number of rotatable bonds is 8. The number of methoxy groups -OCH3 is 1. The number of unbranched alkanes of at least 4 members (excludes halogenated alkanes) is 2. The Bertz CT molecular complexity index is 285. The highest BCUT2D eigenvalue weighted by Crippen LogP contribution is 2.23. The van der Waals surface area contributed by atoms with E-state index < -0.39 is 0 Å². The van der Waals surface area contributed by atoms with Crippen molar-refractivity contribution in [2.75, 3.05) is 40.4 Å². The molecule has 0 saturated carbocycles. The van der Waals surface area contributed by atoms with Crippen LogP contribution >= 0.6 is 24.0 Å². The lowest BCUT2D eigenvalue weighted by molar-refractivity contribution is 0.192. The third kappa shape index (κ3) is 8.86. The molecule has 1 aliphatic rings. The van der Waals surface area contributed by atoms with E-state index in [2.05, 4.69) is 29.1 Å². The average Bonchev–Trinajstić information content (AvgIpc) is 2.85. The Labute approximate surface area is 148 Å². The van der Waals surface area contributed by atoms with Crippen LogP contribution in [-0.2, 0) is 4.74 Å². The number of nitrogens with zero attached hydrogens (tertiary/aromatic N) is 2. The Kier molecular flexibility index (Phi) is 12.5. The van der Waals surface area contributed by atoms with Gasteiger partial charge in [-0.3, -0.25) is 4.99 Å². The first-order chi connectivity index (χ1) is 9.67. The van der Waals surface area contributed by atoms with Crippen LogP contribution in [0, 0.1) is 11.8 Å². The molecule has 4 nitrogen and oxygen atoms in total. The zero-order valence-electron chi connectivity index (χ0n) is 14.2. The van der Waals surface area contributed by atoms with E-state index in [0.29, 0.717) is 0 Å². The van der Waals surface area contributed by atoms with E-state index >= 15 is 0 Å². The fourth-order valence-electron chi connectivity index (χ4n) is 2.96. The van der Waals surface area contributed by atoms with Crippen LogP contribution in [0.2, 0.25) is 0 Å². The maximum atomic E-state index is 5.06. The summed E-state index contributed by atoms with van der Waals surface area (Å²) in [5, 5.41) is 3.50. The lowest BCUT2D eigenvalue weighted by atomic mass is 9.97. The molecule has 1 rings (SSSR count). The predicted octanol–water partition coefficient (Wildman–Crippen LogP) is 3.36. The van der Waals surface area contributed by atoms with Crippen molar-refractivity contribution in [2.45, 2.75) is 46.0 Å². The summed E-state index contributed by atoms with van der Waals surface area (Å²) >= 11 is 0. The van der Waals surface area contributed by atoms with Crippen molar-refractivity contribution in [1.29, 1.82) is 0 Å². The van der Waals surface area contributed by atoms with Crippen molar-refractivity contribution in [3.8, 4) is 0 Å². The van der Waals surface area contributed by atoms with Gasteiger partial charge in [-0.2, -0.15) is 0 Å². The third-order valence-corrected chi connectivity index (χ3v) is 3.91. The predicted molar refractivity (Wildman–Crippen MR) is 102 cm³/mol. The van der Waals surface area contributed by atoms with Gasteiger partial charge in [0.1, 0.15) is 0 Å². The van der Waals surface area contributed by atoms with E-state index in [4.69, 9.17) is 4.74 Å². The van der Waals surface area contributed by atoms with E-state index in [-0.39, 0.29) is 24.0 Å². The van der Waals surface area contributed by atoms with Crippen molar-refractivity contribution in [1.82, 2.24) is 10.2 Å². The SMILES string of the molecule is CN=C(NCCCCCOC)N1CCC(CC(C)C)C1.I. The minimum atomic E-state index is 0. The Morgan fingerprint density at radius 2 is 2.10 bits per heavy atom. The summed E-state index contributed by atoms with van der Waals surface area (Å²) in [5.41, 5.74) is 0.